The number of H-pyrrole nitrogens is 1. The number of hydrogen-bond acceptors (Lipinski definition) is 3. The molecule has 0 unspecified atom stereocenters. The summed E-state index contributed by atoms with van der Waals surface area (Å²) < 4.78 is 1.07. The summed E-state index contributed by atoms with van der Waals surface area (Å²) in [4.78, 5) is 5.73. The number of aromatic nitrogens is 1. The van der Waals surface area contributed by atoms with E-state index in [1.165, 1.54) is 10.9 Å². The van der Waals surface area contributed by atoms with Crippen LogP contribution in [0, 0.1) is 11.3 Å². The predicted molar refractivity (Wildman–Crippen MR) is 97.9 cm³/mol. The minimum atomic E-state index is 0. The number of aromatic amines is 1. The van der Waals surface area contributed by atoms with E-state index in [-0.39, 0.29) is 30.9 Å². The molecule has 22 heavy (non-hydrogen) atoms. The minimum Gasteiger partial charge on any atom is -0.361 e. The first-order valence-electron chi connectivity index (χ1n) is 6.88. The van der Waals surface area contributed by atoms with Crippen molar-refractivity contribution in [1.29, 1.82) is 5.26 Å². The lowest BCUT2D eigenvalue weighted by atomic mass is 10.0. The molecule has 2 N–H and O–H groups in total. The Kier molecular flexibility index (Phi) is 7.67. The van der Waals surface area contributed by atoms with Gasteiger partial charge in [-0.2, -0.15) is 5.26 Å². The molecule has 1 fully saturated rings. The van der Waals surface area contributed by atoms with Crippen LogP contribution in [0.5, 0.6) is 0 Å². The third kappa shape index (κ3) is 3.95. The van der Waals surface area contributed by atoms with Gasteiger partial charge in [-0.15, -0.1) is 24.8 Å². The summed E-state index contributed by atoms with van der Waals surface area (Å²) >= 11 is 3.53. The van der Waals surface area contributed by atoms with Crippen molar-refractivity contribution in [3.8, 4) is 6.07 Å². The molecule has 0 spiro atoms. The normalized spacial score (nSPS) is 16.4. The number of piperazine rings is 1. The van der Waals surface area contributed by atoms with Gasteiger partial charge in [0.25, 0.3) is 0 Å². The molecule has 3 rings (SSSR count). The largest absolute Gasteiger partial charge is 0.361 e. The van der Waals surface area contributed by atoms with Gasteiger partial charge in [-0.25, -0.2) is 0 Å². The molecule has 0 amide bonds. The summed E-state index contributed by atoms with van der Waals surface area (Å²) in [5.41, 5.74) is 2.35. The molecule has 0 radical (unpaired) electrons. The summed E-state index contributed by atoms with van der Waals surface area (Å²) in [6.07, 6.45) is 2.58. The van der Waals surface area contributed by atoms with Crippen LogP contribution in [0.2, 0.25) is 0 Å². The lowest BCUT2D eigenvalue weighted by molar-refractivity contribution is 0.176. The quantitative estimate of drug-likeness (QED) is 0.819. The highest BCUT2D eigenvalue weighted by molar-refractivity contribution is 9.10. The summed E-state index contributed by atoms with van der Waals surface area (Å²) in [6, 6.07) is 8.76. The van der Waals surface area contributed by atoms with Gasteiger partial charge < -0.3 is 10.3 Å². The first-order valence-corrected chi connectivity index (χ1v) is 7.67. The standard InChI is InChI=1S/C15H17BrN4.2ClH/c16-11-1-2-14-12(9-11)13(10-19-14)15(3-4-17)20-7-5-18-6-8-20;;/h1-2,9-10,15,18-19H,3,5-8H2;2*1H/t15-;;/m1../s1. The van der Waals surface area contributed by atoms with E-state index in [9.17, 15) is 5.26 Å². The van der Waals surface area contributed by atoms with Gasteiger partial charge in [0.2, 0.25) is 0 Å². The van der Waals surface area contributed by atoms with Gasteiger partial charge in [0.1, 0.15) is 0 Å². The number of fused-ring (bicyclic) bond motifs is 1. The van der Waals surface area contributed by atoms with Gasteiger partial charge >= 0.3 is 0 Å². The zero-order chi connectivity index (χ0) is 13.9. The monoisotopic (exact) mass is 404 g/mol. The van der Waals surface area contributed by atoms with Gasteiger partial charge in [0.15, 0.2) is 0 Å². The molecule has 1 aliphatic rings. The van der Waals surface area contributed by atoms with Crippen molar-refractivity contribution in [1.82, 2.24) is 15.2 Å². The van der Waals surface area contributed by atoms with Crippen LogP contribution in [-0.4, -0.2) is 36.1 Å². The minimum absolute atomic E-state index is 0. The first kappa shape index (κ1) is 19.3. The Balaban J connectivity index is 0.00000121. The van der Waals surface area contributed by atoms with Gasteiger partial charge in [0.05, 0.1) is 12.5 Å². The number of benzene rings is 1. The smallest absolute Gasteiger partial charge is 0.0641 e. The molecule has 2 aromatic rings. The molecular weight excluding hydrogens is 387 g/mol. The Morgan fingerprint density at radius 3 is 2.68 bits per heavy atom. The summed E-state index contributed by atoms with van der Waals surface area (Å²) in [5.74, 6) is 0. The molecule has 1 aliphatic heterocycles. The molecule has 7 heteroatoms. The maximum absolute atomic E-state index is 9.18. The van der Waals surface area contributed by atoms with Crippen LogP contribution in [0.4, 0.5) is 0 Å². The van der Waals surface area contributed by atoms with Crippen molar-refractivity contribution in [3.63, 3.8) is 0 Å². The van der Waals surface area contributed by atoms with Crippen molar-refractivity contribution in [3.05, 3.63) is 34.4 Å². The van der Waals surface area contributed by atoms with Crippen LogP contribution in [0.1, 0.15) is 18.0 Å². The van der Waals surface area contributed by atoms with Crippen LogP contribution in [-0.2, 0) is 0 Å². The molecular formula is C15H19BrCl2N4. The van der Waals surface area contributed by atoms with Gasteiger partial charge in [-0.3, -0.25) is 4.90 Å². The fourth-order valence-electron chi connectivity index (χ4n) is 2.91. The van der Waals surface area contributed by atoms with Crippen LogP contribution < -0.4 is 5.32 Å². The Morgan fingerprint density at radius 1 is 1.27 bits per heavy atom. The topological polar surface area (TPSA) is 54.9 Å². The molecule has 1 aromatic heterocycles. The number of nitriles is 1. The van der Waals surface area contributed by atoms with Crippen molar-refractivity contribution in [2.24, 2.45) is 0 Å². The number of nitrogens with one attached hydrogen (secondary N) is 2. The van der Waals surface area contributed by atoms with Crippen LogP contribution in [0.25, 0.3) is 10.9 Å². The third-order valence-corrected chi connectivity index (χ3v) is 4.41. The fourth-order valence-corrected chi connectivity index (χ4v) is 3.27. The fraction of sp³-hybridized carbons (Fsp3) is 0.400. The average Bonchev–Trinajstić information content (AvgIpc) is 2.88. The Bertz CT molecular complexity index is 647. The summed E-state index contributed by atoms with van der Waals surface area (Å²) in [5, 5.41) is 13.8. The predicted octanol–water partition coefficient (Wildman–Crippen LogP) is 3.63. The van der Waals surface area contributed by atoms with E-state index in [1.54, 1.807) is 0 Å². The van der Waals surface area contributed by atoms with Crippen molar-refractivity contribution in [2.75, 3.05) is 26.2 Å². The average molecular weight is 406 g/mol. The highest BCUT2D eigenvalue weighted by Gasteiger charge is 2.24. The zero-order valence-electron chi connectivity index (χ0n) is 12.0. The molecule has 120 valence electrons. The molecule has 4 nitrogen and oxygen atoms in total. The van der Waals surface area contributed by atoms with E-state index in [2.05, 4.69) is 55.5 Å². The third-order valence-electron chi connectivity index (χ3n) is 3.91. The molecule has 1 atom stereocenters. The molecule has 1 aromatic carbocycles. The first-order chi connectivity index (χ1) is 9.79. The second kappa shape index (κ2) is 8.76. The highest BCUT2D eigenvalue weighted by atomic mass is 79.9. The van der Waals surface area contributed by atoms with Gasteiger partial charge in [-0.1, -0.05) is 15.9 Å². The van der Waals surface area contributed by atoms with E-state index in [0.717, 1.165) is 36.2 Å². The number of rotatable bonds is 3. The molecule has 0 saturated carbocycles. The zero-order valence-corrected chi connectivity index (χ0v) is 15.2. The van der Waals surface area contributed by atoms with Crippen LogP contribution >= 0.6 is 40.7 Å². The molecule has 2 heterocycles. The van der Waals surface area contributed by atoms with Crippen LogP contribution in [0.3, 0.4) is 0 Å². The number of hydrogen-bond donors (Lipinski definition) is 2. The second-order valence-corrected chi connectivity index (χ2v) is 6.01. The van der Waals surface area contributed by atoms with E-state index < -0.39 is 0 Å². The van der Waals surface area contributed by atoms with Gasteiger partial charge in [0, 0.05) is 53.8 Å². The SMILES string of the molecule is Cl.Cl.N#CC[C@H](c1c[nH]c2ccc(Br)cc12)N1CCNCC1. The highest BCUT2D eigenvalue weighted by Crippen LogP contribution is 2.32. The number of halogens is 3. The Labute approximate surface area is 151 Å². The van der Waals surface area contributed by atoms with Crippen molar-refractivity contribution >= 4 is 51.6 Å². The second-order valence-electron chi connectivity index (χ2n) is 5.10. The lowest BCUT2D eigenvalue weighted by Crippen LogP contribution is -2.45. The van der Waals surface area contributed by atoms with Crippen LogP contribution in [0.15, 0.2) is 28.9 Å². The molecule has 1 saturated heterocycles. The van der Waals surface area contributed by atoms with E-state index in [1.807, 2.05) is 6.07 Å². The summed E-state index contributed by atoms with van der Waals surface area (Å²) in [7, 11) is 0. The summed E-state index contributed by atoms with van der Waals surface area (Å²) in [6.45, 7) is 3.97. The molecule has 0 aliphatic carbocycles. The van der Waals surface area contributed by atoms with E-state index in [4.69, 9.17) is 0 Å². The van der Waals surface area contributed by atoms with E-state index >= 15 is 0 Å². The van der Waals surface area contributed by atoms with E-state index in [0.29, 0.717) is 6.42 Å². The Hall–Kier alpha value is -0.770. The number of nitrogens with zero attached hydrogens (tertiary/aromatic N) is 2. The Morgan fingerprint density at radius 2 is 2.00 bits per heavy atom. The maximum Gasteiger partial charge on any atom is 0.0641 e. The van der Waals surface area contributed by atoms with Gasteiger partial charge in [-0.05, 0) is 23.8 Å². The van der Waals surface area contributed by atoms with Crippen molar-refractivity contribution in [2.45, 2.75) is 12.5 Å². The lowest BCUT2D eigenvalue weighted by Gasteiger charge is -2.33. The molecule has 0 bridgehead atoms. The maximum atomic E-state index is 9.18. The van der Waals surface area contributed by atoms with Crippen molar-refractivity contribution < 1.29 is 0 Å².